The van der Waals surface area contributed by atoms with Gasteiger partial charge in [0.1, 0.15) is 17.2 Å². The van der Waals surface area contributed by atoms with Crippen LogP contribution in [0.5, 0.6) is 17.2 Å². The molecule has 0 aromatic heterocycles. The van der Waals surface area contributed by atoms with E-state index in [2.05, 4.69) is 32.0 Å². The second kappa shape index (κ2) is 10.6. The summed E-state index contributed by atoms with van der Waals surface area (Å²) in [4.78, 5) is 11.0. The molecule has 1 heterocycles. The van der Waals surface area contributed by atoms with Gasteiger partial charge in [-0.15, -0.1) is 0 Å². The molecule has 6 rings (SSSR count). The van der Waals surface area contributed by atoms with E-state index in [0.717, 1.165) is 49.9 Å². The van der Waals surface area contributed by atoms with Crippen LogP contribution in [-0.4, -0.2) is 30.9 Å². The topological polar surface area (TPSA) is 65.0 Å². The van der Waals surface area contributed by atoms with Crippen LogP contribution >= 0.6 is 0 Å². The highest BCUT2D eigenvalue weighted by Gasteiger charge is 2.55. The van der Waals surface area contributed by atoms with Gasteiger partial charge in [0.25, 0.3) is 0 Å². The Morgan fingerprint density at radius 1 is 1.08 bits per heavy atom. The number of hydrogen-bond acceptors (Lipinski definition) is 5. The summed E-state index contributed by atoms with van der Waals surface area (Å²) in [7, 11) is 0. The van der Waals surface area contributed by atoms with Crippen molar-refractivity contribution in [3.8, 4) is 17.2 Å². The van der Waals surface area contributed by atoms with Gasteiger partial charge in [0.2, 0.25) is 0 Å². The normalized spacial score (nSPS) is 34.1. The van der Waals surface area contributed by atoms with E-state index in [0.29, 0.717) is 47.4 Å². The average molecular weight is 519 g/mol. The van der Waals surface area contributed by atoms with Gasteiger partial charge in [-0.3, -0.25) is 4.79 Å². The SMILES string of the molecule is C[C@@H]1Cc2cc(OC3CCCCO3)ccc2C2CCC3(C)C(CC[C@@H]3CCOc3ccc(C=O)c(O)c3)C21. The first-order valence-electron chi connectivity index (χ1n) is 14.8. The van der Waals surface area contributed by atoms with E-state index in [1.807, 2.05) is 0 Å². The molecule has 1 aliphatic heterocycles. The zero-order valence-corrected chi connectivity index (χ0v) is 22.9. The van der Waals surface area contributed by atoms with Gasteiger partial charge < -0.3 is 19.3 Å². The first-order chi connectivity index (χ1) is 18.5. The molecule has 1 saturated heterocycles. The Morgan fingerprint density at radius 3 is 2.74 bits per heavy atom. The van der Waals surface area contributed by atoms with Crippen molar-refractivity contribution in [1.82, 2.24) is 0 Å². The summed E-state index contributed by atoms with van der Waals surface area (Å²) in [5.41, 5.74) is 3.71. The number of benzene rings is 2. The zero-order valence-electron chi connectivity index (χ0n) is 22.9. The minimum atomic E-state index is -0.0910. The van der Waals surface area contributed by atoms with Gasteiger partial charge in [0, 0.05) is 12.5 Å². The molecule has 0 spiro atoms. The Bertz CT molecular complexity index is 1150. The fourth-order valence-corrected chi connectivity index (χ4v) is 8.60. The van der Waals surface area contributed by atoms with Gasteiger partial charge in [-0.05, 0) is 122 Å². The molecule has 0 radical (unpaired) electrons. The minimum Gasteiger partial charge on any atom is -0.507 e. The summed E-state index contributed by atoms with van der Waals surface area (Å²) in [5.74, 6) is 5.08. The lowest BCUT2D eigenvalue weighted by Gasteiger charge is -2.53. The summed E-state index contributed by atoms with van der Waals surface area (Å²) in [6, 6.07) is 11.8. The first-order valence-corrected chi connectivity index (χ1v) is 14.8. The van der Waals surface area contributed by atoms with Crippen LogP contribution in [0.4, 0.5) is 0 Å². The third-order valence-corrected chi connectivity index (χ3v) is 10.5. The highest BCUT2D eigenvalue weighted by molar-refractivity contribution is 5.79. The van der Waals surface area contributed by atoms with E-state index in [4.69, 9.17) is 14.2 Å². The third kappa shape index (κ3) is 4.72. The van der Waals surface area contributed by atoms with Gasteiger partial charge >= 0.3 is 0 Å². The predicted molar refractivity (Wildman–Crippen MR) is 147 cm³/mol. The number of hydrogen-bond donors (Lipinski definition) is 1. The highest BCUT2D eigenvalue weighted by Crippen LogP contribution is 2.64. The van der Waals surface area contributed by atoms with Crippen molar-refractivity contribution in [3.05, 3.63) is 53.1 Å². The molecule has 0 bridgehead atoms. The van der Waals surface area contributed by atoms with Crippen LogP contribution in [-0.2, 0) is 11.2 Å². The Hall–Kier alpha value is -2.53. The Labute approximate surface area is 226 Å². The average Bonchev–Trinajstić information content (AvgIpc) is 3.25. The summed E-state index contributed by atoms with van der Waals surface area (Å²) < 4.78 is 18.0. The number of phenols is 1. The molecule has 38 heavy (non-hydrogen) atoms. The van der Waals surface area contributed by atoms with Gasteiger partial charge in [-0.2, -0.15) is 0 Å². The van der Waals surface area contributed by atoms with Crippen molar-refractivity contribution in [3.63, 3.8) is 0 Å². The maximum atomic E-state index is 11.0. The fourth-order valence-electron chi connectivity index (χ4n) is 8.60. The van der Waals surface area contributed by atoms with Crippen LogP contribution in [0.15, 0.2) is 36.4 Å². The van der Waals surface area contributed by atoms with Crippen LogP contribution < -0.4 is 9.47 Å². The minimum absolute atomic E-state index is 0.0173. The van der Waals surface area contributed by atoms with Crippen LogP contribution in [0.3, 0.4) is 0 Å². The molecule has 4 aliphatic rings. The maximum absolute atomic E-state index is 11.0. The molecule has 5 heteroatoms. The number of aromatic hydroxyl groups is 1. The van der Waals surface area contributed by atoms with Crippen LogP contribution in [0.2, 0.25) is 0 Å². The molecule has 204 valence electrons. The van der Waals surface area contributed by atoms with Gasteiger partial charge in [-0.25, -0.2) is 0 Å². The van der Waals surface area contributed by atoms with Crippen molar-refractivity contribution in [1.29, 1.82) is 0 Å². The highest BCUT2D eigenvalue weighted by atomic mass is 16.7. The Morgan fingerprint density at radius 2 is 1.95 bits per heavy atom. The second-order valence-corrected chi connectivity index (χ2v) is 12.5. The van der Waals surface area contributed by atoms with Crippen molar-refractivity contribution < 1.29 is 24.1 Å². The molecule has 7 atom stereocenters. The summed E-state index contributed by atoms with van der Waals surface area (Å²) >= 11 is 0. The summed E-state index contributed by atoms with van der Waals surface area (Å²) in [6.07, 6.45) is 11.2. The summed E-state index contributed by atoms with van der Waals surface area (Å²) in [5, 5.41) is 9.97. The molecule has 2 saturated carbocycles. The van der Waals surface area contributed by atoms with Crippen LogP contribution in [0.25, 0.3) is 0 Å². The van der Waals surface area contributed by atoms with E-state index >= 15 is 0 Å². The van der Waals surface area contributed by atoms with E-state index < -0.39 is 0 Å². The molecule has 5 nitrogen and oxygen atoms in total. The lowest BCUT2D eigenvalue weighted by atomic mass is 9.51. The molecule has 3 aliphatic carbocycles. The fraction of sp³-hybridized carbons (Fsp3) is 0.606. The number of fused-ring (bicyclic) bond motifs is 5. The second-order valence-electron chi connectivity index (χ2n) is 12.5. The van der Waals surface area contributed by atoms with E-state index in [-0.39, 0.29) is 12.0 Å². The zero-order chi connectivity index (χ0) is 26.3. The number of phenolic OH excluding ortho intramolecular Hbond substituents is 1. The van der Waals surface area contributed by atoms with E-state index in [1.165, 1.54) is 37.7 Å². The van der Waals surface area contributed by atoms with Gasteiger partial charge in [0.05, 0.1) is 18.8 Å². The van der Waals surface area contributed by atoms with E-state index in [9.17, 15) is 9.90 Å². The van der Waals surface area contributed by atoms with Gasteiger partial charge in [0.15, 0.2) is 12.6 Å². The number of carbonyl (C=O) groups is 1. The lowest BCUT2D eigenvalue weighted by Crippen LogP contribution is -2.45. The molecule has 0 amide bonds. The van der Waals surface area contributed by atoms with Crippen LogP contribution in [0.1, 0.15) is 92.6 Å². The molecule has 2 aromatic rings. The molecule has 3 fully saturated rings. The van der Waals surface area contributed by atoms with Crippen molar-refractivity contribution in [2.24, 2.45) is 29.1 Å². The van der Waals surface area contributed by atoms with Crippen molar-refractivity contribution in [2.75, 3.05) is 13.2 Å². The summed E-state index contributed by atoms with van der Waals surface area (Å²) in [6.45, 7) is 6.49. The molecular weight excluding hydrogens is 476 g/mol. The maximum Gasteiger partial charge on any atom is 0.199 e. The smallest absolute Gasteiger partial charge is 0.199 e. The predicted octanol–water partition coefficient (Wildman–Crippen LogP) is 7.30. The first kappa shape index (κ1) is 25.7. The van der Waals surface area contributed by atoms with Crippen molar-refractivity contribution >= 4 is 6.29 Å². The molecule has 1 N–H and O–H groups in total. The van der Waals surface area contributed by atoms with Gasteiger partial charge in [-0.1, -0.05) is 19.9 Å². The number of rotatable bonds is 7. The van der Waals surface area contributed by atoms with Crippen LogP contribution in [0, 0.1) is 29.1 Å². The Kier molecular flexibility index (Phi) is 7.15. The third-order valence-electron chi connectivity index (χ3n) is 10.5. The van der Waals surface area contributed by atoms with E-state index in [1.54, 1.807) is 23.8 Å². The monoisotopic (exact) mass is 518 g/mol. The molecular formula is C33H42O5. The van der Waals surface area contributed by atoms with Crippen molar-refractivity contribution in [2.45, 2.75) is 83.8 Å². The molecule has 2 aromatic carbocycles. The Balaban J connectivity index is 1.12. The lowest BCUT2D eigenvalue weighted by molar-refractivity contribution is -0.105. The number of ether oxygens (including phenoxy) is 3. The quantitative estimate of drug-likeness (QED) is 0.390. The standard InChI is InChI=1S/C33H42O5/c1-21-17-23-18-26(38-31-5-3-4-15-37-31)9-10-27(23)28-12-14-33(2)24(7-11-29(33)32(21)28)13-16-36-25-8-6-22(20-34)30(35)19-25/h6,8-10,18-21,24,28-29,31-32,35H,3-5,7,11-17H2,1-2H3/t21-,24-,28?,29?,31?,32?,33?/m1/s1. The number of aldehydes is 1. The molecule has 5 unspecified atom stereocenters. The largest absolute Gasteiger partial charge is 0.507 e. The number of carbonyl (C=O) groups excluding carboxylic acids is 1.